The van der Waals surface area contributed by atoms with Crippen LogP contribution in [0.5, 0.6) is 5.75 Å². The summed E-state index contributed by atoms with van der Waals surface area (Å²) in [4.78, 5) is 14.0. The maximum atomic E-state index is 12.2. The molecule has 0 aliphatic carbocycles. The van der Waals surface area contributed by atoms with Gasteiger partial charge in [-0.3, -0.25) is 4.68 Å². The first-order valence-electron chi connectivity index (χ1n) is 9.72. The van der Waals surface area contributed by atoms with E-state index in [0.29, 0.717) is 35.5 Å². The minimum absolute atomic E-state index is 0.244. The summed E-state index contributed by atoms with van der Waals surface area (Å²) in [7, 11) is 0. The van der Waals surface area contributed by atoms with Crippen LogP contribution >= 0.6 is 23.2 Å². The standard InChI is InChI=1S/C21H27Cl2N3O3/c1-14-9-17(22)19(18(23)10-14)28-13-15-11-24-26(12-15)16-5-7-25(8-6-16)20(27)29-21(2,3)4/h9-12,16H,5-8,13H2,1-4H3. The zero-order chi connectivity index (χ0) is 21.2. The highest BCUT2D eigenvalue weighted by Crippen LogP contribution is 2.34. The van der Waals surface area contributed by atoms with Crippen molar-refractivity contribution in [3.63, 3.8) is 0 Å². The third-order valence-electron chi connectivity index (χ3n) is 4.67. The number of benzene rings is 1. The minimum atomic E-state index is -0.478. The molecule has 0 radical (unpaired) electrons. The van der Waals surface area contributed by atoms with Gasteiger partial charge in [-0.05, 0) is 58.2 Å². The van der Waals surface area contributed by atoms with E-state index in [1.807, 2.05) is 50.7 Å². The summed E-state index contributed by atoms with van der Waals surface area (Å²) in [6.07, 6.45) is 5.17. The Morgan fingerprint density at radius 3 is 2.41 bits per heavy atom. The highest BCUT2D eigenvalue weighted by molar-refractivity contribution is 6.37. The predicted octanol–water partition coefficient (Wildman–Crippen LogP) is 5.65. The molecule has 2 aromatic rings. The van der Waals surface area contributed by atoms with Crippen LogP contribution in [0, 0.1) is 6.92 Å². The van der Waals surface area contributed by atoms with Gasteiger partial charge in [-0.15, -0.1) is 0 Å². The van der Waals surface area contributed by atoms with Crippen molar-refractivity contribution >= 4 is 29.3 Å². The molecular weight excluding hydrogens is 413 g/mol. The lowest BCUT2D eigenvalue weighted by Crippen LogP contribution is -2.42. The van der Waals surface area contributed by atoms with Gasteiger partial charge in [0.15, 0.2) is 5.75 Å². The Balaban J connectivity index is 1.54. The monoisotopic (exact) mass is 439 g/mol. The zero-order valence-corrected chi connectivity index (χ0v) is 18.8. The largest absolute Gasteiger partial charge is 0.486 e. The highest BCUT2D eigenvalue weighted by atomic mass is 35.5. The van der Waals surface area contributed by atoms with Crippen molar-refractivity contribution in [1.82, 2.24) is 14.7 Å². The molecule has 1 aliphatic rings. The Morgan fingerprint density at radius 1 is 1.21 bits per heavy atom. The van der Waals surface area contributed by atoms with E-state index in [1.54, 1.807) is 11.1 Å². The lowest BCUT2D eigenvalue weighted by Gasteiger charge is -2.33. The first-order valence-corrected chi connectivity index (χ1v) is 10.5. The van der Waals surface area contributed by atoms with Crippen molar-refractivity contribution in [2.75, 3.05) is 13.1 Å². The van der Waals surface area contributed by atoms with Crippen LogP contribution in [-0.2, 0) is 11.3 Å². The van der Waals surface area contributed by atoms with Crippen molar-refractivity contribution < 1.29 is 14.3 Å². The maximum Gasteiger partial charge on any atom is 0.410 e. The molecule has 3 rings (SSSR count). The summed E-state index contributed by atoms with van der Waals surface area (Å²) in [5.74, 6) is 0.484. The molecule has 1 aromatic heterocycles. The van der Waals surface area contributed by atoms with E-state index in [1.165, 1.54) is 0 Å². The second-order valence-electron chi connectivity index (χ2n) is 8.37. The molecule has 0 atom stereocenters. The molecule has 0 bridgehead atoms. The minimum Gasteiger partial charge on any atom is -0.486 e. The van der Waals surface area contributed by atoms with Crippen LogP contribution < -0.4 is 4.74 Å². The van der Waals surface area contributed by atoms with E-state index in [4.69, 9.17) is 32.7 Å². The molecular formula is C21H27Cl2N3O3. The number of amides is 1. The highest BCUT2D eigenvalue weighted by Gasteiger charge is 2.27. The fraction of sp³-hybridized carbons (Fsp3) is 0.524. The number of hydrogen-bond acceptors (Lipinski definition) is 4. The molecule has 1 aromatic carbocycles. The zero-order valence-electron chi connectivity index (χ0n) is 17.2. The fourth-order valence-corrected chi connectivity index (χ4v) is 3.98. The van der Waals surface area contributed by atoms with E-state index in [9.17, 15) is 4.79 Å². The van der Waals surface area contributed by atoms with Gasteiger partial charge in [0.2, 0.25) is 0 Å². The molecule has 1 amide bonds. The SMILES string of the molecule is Cc1cc(Cl)c(OCc2cnn(C3CCN(C(=O)OC(C)(C)C)CC3)c2)c(Cl)c1. The van der Waals surface area contributed by atoms with Crippen molar-refractivity contribution in [2.45, 2.75) is 58.8 Å². The summed E-state index contributed by atoms with van der Waals surface area (Å²) in [5, 5.41) is 5.47. The van der Waals surface area contributed by atoms with Gasteiger partial charge in [0.05, 0.1) is 22.3 Å². The molecule has 2 heterocycles. The summed E-state index contributed by atoms with van der Waals surface area (Å²) >= 11 is 12.5. The Labute approximate surface area is 181 Å². The molecule has 0 saturated carbocycles. The van der Waals surface area contributed by atoms with E-state index >= 15 is 0 Å². The van der Waals surface area contributed by atoms with Crippen LogP contribution in [0.15, 0.2) is 24.5 Å². The molecule has 29 heavy (non-hydrogen) atoms. The number of piperidine rings is 1. The van der Waals surface area contributed by atoms with Gasteiger partial charge in [-0.25, -0.2) is 4.79 Å². The van der Waals surface area contributed by atoms with Crippen LogP contribution in [-0.4, -0.2) is 39.5 Å². The van der Waals surface area contributed by atoms with Crippen molar-refractivity contribution in [3.8, 4) is 5.75 Å². The number of rotatable bonds is 4. The van der Waals surface area contributed by atoms with Crippen LogP contribution in [0.3, 0.4) is 0 Å². The van der Waals surface area contributed by atoms with Gasteiger partial charge in [-0.1, -0.05) is 23.2 Å². The third-order valence-corrected chi connectivity index (χ3v) is 5.23. The number of halogens is 2. The number of carbonyl (C=O) groups excluding carboxylic acids is 1. The normalized spacial score (nSPS) is 15.4. The van der Waals surface area contributed by atoms with Crippen LogP contribution in [0.4, 0.5) is 4.79 Å². The lowest BCUT2D eigenvalue weighted by atomic mass is 10.1. The molecule has 158 valence electrons. The van der Waals surface area contributed by atoms with E-state index in [2.05, 4.69) is 5.10 Å². The Morgan fingerprint density at radius 2 is 1.83 bits per heavy atom. The first-order chi connectivity index (χ1) is 13.6. The van der Waals surface area contributed by atoms with E-state index in [0.717, 1.165) is 24.0 Å². The molecule has 6 nitrogen and oxygen atoms in total. The Bertz CT molecular complexity index is 845. The molecule has 1 saturated heterocycles. The summed E-state index contributed by atoms with van der Waals surface area (Å²) < 4.78 is 13.2. The van der Waals surface area contributed by atoms with Gasteiger partial charge in [0, 0.05) is 24.8 Å². The Hall–Kier alpha value is -1.92. The van der Waals surface area contributed by atoms with Gasteiger partial charge in [0.25, 0.3) is 0 Å². The summed E-state index contributed by atoms with van der Waals surface area (Å²) in [5.41, 5.74) is 1.44. The maximum absolute atomic E-state index is 12.2. The number of carbonyl (C=O) groups is 1. The van der Waals surface area contributed by atoms with Gasteiger partial charge >= 0.3 is 6.09 Å². The summed E-state index contributed by atoms with van der Waals surface area (Å²) in [6, 6.07) is 3.89. The lowest BCUT2D eigenvalue weighted by molar-refractivity contribution is 0.0185. The van der Waals surface area contributed by atoms with E-state index < -0.39 is 5.60 Å². The molecule has 0 unspecified atom stereocenters. The van der Waals surface area contributed by atoms with Gasteiger partial charge < -0.3 is 14.4 Å². The number of hydrogen-bond donors (Lipinski definition) is 0. The second kappa shape index (κ2) is 8.84. The number of ether oxygens (including phenoxy) is 2. The number of aromatic nitrogens is 2. The fourth-order valence-electron chi connectivity index (χ4n) is 3.27. The quantitative estimate of drug-likeness (QED) is 0.617. The van der Waals surface area contributed by atoms with Gasteiger partial charge in [-0.2, -0.15) is 5.10 Å². The third kappa shape index (κ3) is 5.80. The van der Waals surface area contributed by atoms with Crippen molar-refractivity contribution in [2.24, 2.45) is 0 Å². The molecule has 8 heteroatoms. The summed E-state index contributed by atoms with van der Waals surface area (Å²) in [6.45, 7) is 9.20. The van der Waals surface area contributed by atoms with Gasteiger partial charge in [0.1, 0.15) is 12.2 Å². The van der Waals surface area contributed by atoms with Crippen molar-refractivity contribution in [1.29, 1.82) is 0 Å². The van der Waals surface area contributed by atoms with E-state index in [-0.39, 0.29) is 12.1 Å². The molecule has 1 aliphatic heterocycles. The number of aryl methyl sites for hydroxylation is 1. The molecule has 0 spiro atoms. The second-order valence-corrected chi connectivity index (χ2v) is 9.19. The molecule has 0 N–H and O–H groups in total. The average Bonchev–Trinajstić information content (AvgIpc) is 3.08. The number of nitrogens with zero attached hydrogens (tertiary/aromatic N) is 3. The first kappa shape index (κ1) is 21.8. The predicted molar refractivity (Wildman–Crippen MR) is 114 cm³/mol. The average molecular weight is 440 g/mol. The van der Waals surface area contributed by atoms with Crippen LogP contribution in [0.25, 0.3) is 0 Å². The number of likely N-dealkylation sites (tertiary alicyclic amines) is 1. The Kier molecular flexibility index (Phi) is 6.64. The van der Waals surface area contributed by atoms with Crippen LogP contribution in [0.2, 0.25) is 10.0 Å². The topological polar surface area (TPSA) is 56.6 Å². The molecule has 1 fully saturated rings. The smallest absolute Gasteiger partial charge is 0.410 e. The van der Waals surface area contributed by atoms with Crippen molar-refractivity contribution in [3.05, 3.63) is 45.7 Å². The van der Waals surface area contributed by atoms with Crippen LogP contribution in [0.1, 0.15) is 50.8 Å².